The summed E-state index contributed by atoms with van der Waals surface area (Å²) in [4.78, 5) is 11.5. The number of carbonyl (C=O) groups excluding carboxylic acids is 1. The van der Waals surface area contributed by atoms with Gasteiger partial charge in [0.05, 0.1) is 12.5 Å². The molecule has 0 spiro atoms. The van der Waals surface area contributed by atoms with E-state index in [2.05, 4.69) is 13.8 Å². The van der Waals surface area contributed by atoms with Crippen LogP contribution >= 0.6 is 0 Å². The molecule has 1 aliphatic carbocycles. The van der Waals surface area contributed by atoms with Crippen LogP contribution < -0.4 is 0 Å². The van der Waals surface area contributed by atoms with Crippen LogP contribution in [0.4, 0.5) is 0 Å². The zero-order valence-electron chi connectivity index (χ0n) is 11.0. The lowest BCUT2D eigenvalue weighted by Gasteiger charge is -2.01. The maximum atomic E-state index is 11.5. The van der Waals surface area contributed by atoms with E-state index in [9.17, 15) is 4.79 Å². The van der Waals surface area contributed by atoms with Gasteiger partial charge in [0.25, 0.3) is 0 Å². The molecule has 0 N–H and O–H groups in total. The number of hydrogen-bond acceptors (Lipinski definition) is 2. The molecule has 0 radical (unpaired) electrons. The fourth-order valence-electron chi connectivity index (χ4n) is 2.60. The second-order valence-corrected chi connectivity index (χ2v) is 5.00. The Morgan fingerprint density at radius 3 is 2.44 bits per heavy atom. The Balaban J connectivity index is 2.08. The van der Waals surface area contributed by atoms with E-state index in [1.807, 2.05) is 6.92 Å². The molecule has 0 heterocycles. The highest BCUT2D eigenvalue weighted by Crippen LogP contribution is 2.49. The van der Waals surface area contributed by atoms with E-state index in [1.165, 1.54) is 38.5 Å². The first-order valence-electron chi connectivity index (χ1n) is 6.89. The van der Waals surface area contributed by atoms with Gasteiger partial charge in [-0.1, -0.05) is 46.0 Å². The van der Waals surface area contributed by atoms with E-state index in [-0.39, 0.29) is 11.9 Å². The third-order valence-corrected chi connectivity index (χ3v) is 3.76. The molecular weight excluding hydrogens is 200 g/mol. The molecular formula is C14H26O2. The second-order valence-electron chi connectivity index (χ2n) is 5.00. The van der Waals surface area contributed by atoms with Gasteiger partial charge >= 0.3 is 5.97 Å². The van der Waals surface area contributed by atoms with Crippen LogP contribution in [0.5, 0.6) is 0 Å². The number of ether oxygens (including phenoxy) is 1. The van der Waals surface area contributed by atoms with E-state index in [0.29, 0.717) is 18.4 Å². The first kappa shape index (κ1) is 13.5. The minimum Gasteiger partial charge on any atom is -0.466 e. The van der Waals surface area contributed by atoms with Crippen molar-refractivity contribution < 1.29 is 9.53 Å². The summed E-state index contributed by atoms with van der Waals surface area (Å²) in [6.07, 6.45) is 7.82. The van der Waals surface area contributed by atoms with Gasteiger partial charge in [0.15, 0.2) is 0 Å². The standard InChI is InChI=1S/C14H26O2/c1-4-6-7-8-9-10-12-11(3)13(12)14(15)16-5-2/h11-13H,4-10H2,1-3H3. The first-order valence-corrected chi connectivity index (χ1v) is 6.89. The molecule has 3 unspecified atom stereocenters. The van der Waals surface area contributed by atoms with Gasteiger partial charge in [-0.05, 0) is 25.2 Å². The number of carbonyl (C=O) groups is 1. The van der Waals surface area contributed by atoms with Crippen molar-refractivity contribution in [3.63, 3.8) is 0 Å². The maximum Gasteiger partial charge on any atom is 0.309 e. The highest BCUT2D eigenvalue weighted by molar-refractivity contribution is 5.76. The number of unbranched alkanes of at least 4 members (excludes halogenated alkanes) is 4. The van der Waals surface area contributed by atoms with Crippen LogP contribution in [0, 0.1) is 17.8 Å². The van der Waals surface area contributed by atoms with Crippen LogP contribution in [0.1, 0.15) is 59.3 Å². The van der Waals surface area contributed by atoms with Crippen molar-refractivity contribution in [3.05, 3.63) is 0 Å². The lowest BCUT2D eigenvalue weighted by Crippen LogP contribution is -2.08. The quantitative estimate of drug-likeness (QED) is 0.465. The summed E-state index contributed by atoms with van der Waals surface area (Å²) >= 11 is 0. The van der Waals surface area contributed by atoms with E-state index in [4.69, 9.17) is 4.74 Å². The Bertz CT molecular complexity index is 213. The molecule has 0 amide bonds. The van der Waals surface area contributed by atoms with Crippen molar-refractivity contribution in [1.29, 1.82) is 0 Å². The Labute approximate surface area is 99.8 Å². The zero-order valence-corrected chi connectivity index (χ0v) is 11.0. The fourth-order valence-corrected chi connectivity index (χ4v) is 2.60. The average molecular weight is 226 g/mol. The largest absolute Gasteiger partial charge is 0.466 e. The lowest BCUT2D eigenvalue weighted by molar-refractivity contribution is -0.145. The Kier molecular flexibility index (Phi) is 5.86. The van der Waals surface area contributed by atoms with Crippen LogP contribution in [0.15, 0.2) is 0 Å². The average Bonchev–Trinajstić information content (AvgIpc) is 2.89. The van der Waals surface area contributed by atoms with Crippen LogP contribution in [0.3, 0.4) is 0 Å². The van der Waals surface area contributed by atoms with Crippen LogP contribution in [-0.2, 0) is 9.53 Å². The molecule has 94 valence electrons. The normalized spacial score (nSPS) is 27.8. The van der Waals surface area contributed by atoms with Gasteiger partial charge in [0, 0.05) is 0 Å². The predicted octanol–water partition coefficient (Wildman–Crippen LogP) is 3.79. The molecule has 0 bridgehead atoms. The smallest absolute Gasteiger partial charge is 0.309 e. The number of esters is 1. The van der Waals surface area contributed by atoms with Gasteiger partial charge < -0.3 is 4.74 Å². The van der Waals surface area contributed by atoms with Crippen molar-refractivity contribution in [2.75, 3.05) is 6.61 Å². The lowest BCUT2D eigenvalue weighted by atomic mass is 10.1. The van der Waals surface area contributed by atoms with E-state index in [1.54, 1.807) is 0 Å². The number of hydrogen-bond donors (Lipinski definition) is 0. The molecule has 0 aromatic rings. The summed E-state index contributed by atoms with van der Waals surface area (Å²) < 4.78 is 5.07. The Morgan fingerprint density at radius 2 is 1.81 bits per heavy atom. The van der Waals surface area contributed by atoms with Crippen molar-refractivity contribution in [3.8, 4) is 0 Å². The molecule has 0 aliphatic heterocycles. The van der Waals surface area contributed by atoms with Crippen LogP contribution in [0.2, 0.25) is 0 Å². The van der Waals surface area contributed by atoms with Gasteiger partial charge in [-0.15, -0.1) is 0 Å². The van der Waals surface area contributed by atoms with Crippen molar-refractivity contribution >= 4 is 5.97 Å². The molecule has 3 atom stereocenters. The topological polar surface area (TPSA) is 26.3 Å². The molecule has 2 nitrogen and oxygen atoms in total. The molecule has 2 heteroatoms. The predicted molar refractivity (Wildman–Crippen MR) is 66.2 cm³/mol. The maximum absolute atomic E-state index is 11.5. The molecule has 1 saturated carbocycles. The third-order valence-electron chi connectivity index (χ3n) is 3.76. The molecule has 0 saturated heterocycles. The molecule has 16 heavy (non-hydrogen) atoms. The molecule has 0 aromatic heterocycles. The zero-order chi connectivity index (χ0) is 12.0. The Morgan fingerprint density at radius 1 is 1.12 bits per heavy atom. The van der Waals surface area contributed by atoms with Crippen LogP contribution in [0.25, 0.3) is 0 Å². The SMILES string of the molecule is CCCCCCCC1C(C)C1C(=O)OCC. The summed E-state index contributed by atoms with van der Waals surface area (Å²) in [6.45, 7) is 6.81. The van der Waals surface area contributed by atoms with E-state index < -0.39 is 0 Å². The van der Waals surface area contributed by atoms with Crippen LogP contribution in [-0.4, -0.2) is 12.6 Å². The summed E-state index contributed by atoms with van der Waals surface area (Å²) in [5.74, 6) is 1.42. The third kappa shape index (κ3) is 3.80. The van der Waals surface area contributed by atoms with Gasteiger partial charge in [-0.2, -0.15) is 0 Å². The summed E-state index contributed by atoms with van der Waals surface area (Å²) in [5, 5.41) is 0. The van der Waals surface area contributed by atoms with E-state index in [0.717, 1.165) is 0 Å². The number of rotatable bonds is 8. The van der Waals surface area contributed by atoms with Gasteiger partial charge in [0.2, 0.25) is 0 Å². The Hall–Kier alpha value is -0.530. The summed E-state index contributed by atoms with van der Waals surface area (Å²) in [7, 11) is 0. The van der Waals surface area contributed by atoms with Crippen molar-refractivity contribution in [2.45, 2.75) is 59.3 Å². The second kappa shape index (κ2) is 6.93. The summed E-state index contributed by atoms with van der Waals surface area (Å²) in [6, 6.07) is 0. The van der Waals surface area contributed by atoms with Crippen molar-refractivity contribution in [2.24, 2.45) is 17.8 Å². The minimum atomic E-state index is 0.0357. The first-order chi connectivity index (χ1) is 7.72. The minimum absolute atomic E-state index is 0.0357. The van der Waals surface area contributed by atoms with Gasteiger partial charge in [-0.25, -0.2) is 0 Å². The highest BCUT2D eigenvalue weighted by atomic mass is 16.5. The van der Waals surface area contributed by atoms with Crippen molar-refractivity contribution in [1.82, 2.24) is 0 Å². The molecule has 1 fully saturated rings. The molecule has 0 aromatic carbocycles. The van der Waals surface area contributed by atoms with E-state index >= 15 is 0 Å². The summed E-state index contributed by atoms with van der Waals surface area (Å²) in [5.41, 5.74) is 0. The monoisotopic (exact) mass is 226 g/mol. The molecule has 1 rings (SSSR count). The highest BCUT2D eigenvalue weighted by Gasteiger charge is 2.51. The molecule has 1 aliphatic rings. The van der Waals surface area contributed by atoms with Gasteiger partial charge in [-0.3, -0.25) is 4.79 Å². The fraction of sp³-hybridized carbons (Fsp3) is 0.929. The van der Waals surface area contributed by atoms with Gasteiger partial charge in [0.1, 0.15) is 0 Å².